The van der Waals surface area contributed by atoms with E-state index in [1.54, 1.807) is 11.4 Å². The largest absolute Gasteiger partial charge is 0.465 e. The van der Waals surface area contributed by atoms with E-state index in [0.717, 1.165) is 5.69 Å². The molecule has 0 amide bonds. The van der Waals surface area contributed by atoms with Crippen molar-refractivity contribution in [3.05, 3.63) is 23.7 Å². The van der Waals surface area contributed by atoms with Gasteiger partial charge in [-0.05, 0) is 32.4 Å². The molecule has 0 saturated carbocycles. The van der Waals surface area contributed by atoms with E-state index < -0.39 is 5.92 Å². The lowest BCUT2D eigenvalue weighted by Gasteiger charge is -2.11. The summed E-state index contributed by atoms with van der Waals surface area (Å²) in [6, 6.07) is 3.69. The zero-order valence-corrected chi connectivity index (χ0v) is 10.8. The number of aryl methyl sites for hydroxylation is 1. The van der Waals surface area contributed by atoms with Crippen LogP contribution in [0.2, 0.25) is 0 Å². The van der Waals surface area contributed by atoms with Crippen molar-refractivity contribution in [1.82, 2.24) is 19.8 Å². The Morgan fingerprint density at radius 3 is 2.83 bits per heavy atom. The summed E-state index contributed by atoms with van der Waals surface area (Å²) in [6.45, 7) is 5.94. The number of ether oxygens (including phenoxy) is 1. The normalized spacial score (nSPS) is 12.6. The smallest absolute Gasteiger partial charge is 0.316 e. The predicted molar refractivity (Wildman–Crippen MR) is 65.2 cm³/mol. The van der Waals surface area contributed by atoms with Crippen molar-refractivity contribution in [2.45, 2.75) is 33.1 Å². The van der Waals surface area contributed by atoms with Gasteiger partial charge in [0.05, 0.1) is 12.3 Å². The summed E-state index contributed by atoms with van der Waals surface area (Å²) >= 11 is 0. The maximum absolute atomic E-state index is 11.9. The van der Waals surface area contributed by atoms with Crippen LogP contribution in [0.5, 0.6) is 0 Å². The van der Waals surface area contributed by atoms with Gasteiger partial charge in [-0.3, -0.25) is 4.79 Å². The first kappa shape index (κ1) is 12.5. The van der Waals surface area contributed by atoms with Crippen LogP contribution in [0, 0.1) is 6.92 Å². The number of esters is 1. The number of rotatable bonds is 4. The molecule has 0 spiro atoms. The Hall–Kier alpha value is -1.98. The molecule has 6 heteroatoms. The Morgan fingerprint density at radius 1 is 1.39 bits per heavy atom. The standard InChI is InChI=1S/C12H16N4O2/c1-4-9(12(17)18-5-2)11-14-13-10-7-6-8(3)15-16(10)11/h6-7,9H,4-5H2,1-3H3. The van der Waals surface area contributed by atoms with Crippen LogP contribution in [0.25, 0.3) is 5.65 Å². The second-order valence-electron chi connectivity index (χ2n) is 4.02. The quantitative estimate of drug-likeness (QED) is 0.767. The van der Waals surface area contributed by atoms with Gasteiger partial charge < -0.3 is 4.74 Å². The number of aromatic nitrogens is 4. The molecule has 0 N–H and O–H groups in total. The second kappa shape index (κ2) is 5.12. The van der Waals surface area contributed by atoms with Crippen LogP contribution in [0.1, 0.15) is 37.7 Å². The van der Waals surface area contributed by atoms with Crippen LogP contribution >= 0.6 is 0 Å². The lowest BCUT2D eigenvalue weighted by Crippen LogP contribution is -2.18. The monoisotopic (exact) mass is 248 g/mol. The molecule has 1 atom stereocenters. The maximum Gasteiger partial charge on any atom is 0.316 e. The number of hydrogen-bond donors (Lipinski definition) is 0. The Balaban J connectivity index is 2.45. The molecule has 18 heavy (non-hydrogen) atoms. The van der Waals surface area contributed by atoms with Crippen molar-refractivity contribution in [3.8, 4) is 0 Å². The number of hydrogen-bond acceptors (Lipinski definition) is 5. The molecule has 0 radical (unpaired) electrons. The first-order valence-electron chi connectivity index (χ1n) is 6.03. The fraction of sp³-hybridized carbons (Fsp3) is 0.500. The second-order valence-corrected chi connectivity index (χ2v) is 4.02. The van der Waals surface area contributed by atoms with Gasteiger partial charge in [-0.25, -0.2) is 0 Å². The minimum Gasteiger partial charge on any atom is -0.465 e. The van der Waals surface area contributed by atoms with Crippen LogP contribution in [-0.4, -0.2) is 32.4 Å². The van der Waals surface area contributed by atoms with Gasteiger partial charge in [0, 0.05) is 0 Å². The average Bonchev–Trinajstić information content (AvgIpc) is 2.74. The van der Waals surface area contributed by atoms with Gasteiger partial charge in [-0.1, -0.05) is 6.92 Å². The molecule has 2 rings (SSSR count). The molecule has 2 aromatic heterocycles. The van der Waals surface area contributed by atoms with Crippen molar-refractivity contribution in [1.29, 1.82) is 0 Å². The minimum absolute atomic E-state index is 0.280. The molecule has 6 nitrogen and oxygen atoms in total. The molecular formula is C12H16N4O2. The van der Waals surface area contributed by atoms with Gasteiger partial charge in [0.1, 0.15) is 5.92 Å². The zero-order valence-electron chi connectivity index (χ0n) is 10.8. The van der Waals surface area contributed by atoms with Crippen LogP contribution in [0.15, 0.2) is 12.1 Å². The highest BCUT2D eigenvalue weighted by Gasteiger charge is 2.25. The van der Waals surface area contributed by atoms with Crippen molar-refractivity contribution < 1.29 is 9.53 Å². The first-order valence-corrected chi connectivity index (χ1v) is 6.03. The maximum atomic E-state index is 11.9. The van der Waals surface area contributed by atoms with E-state index in [-0.39, 0.29) is 5.97 Å². The van der Waals surface area contributed by atoms with Crippen molar-refractivity contribution in [2.75, 3.05) is 6.61 Å². The molecule has 0 aliphatic rings. The molecule has 0 aliphatic heterocycles. The van der Waals surface area contributed by atoms with E-state index >= 15 is 0 Å². The fourth-order valence-electron chi connectivity index (χ4n) is 1.81. The van der Waals surface area contributed by atoms with Gasteiger partial charge in [0.15, 0.2) is 11.5 Å². The van der Waals surface area contributed by atoms with E-state index in [9.17, 15) is 4.79 Å². The van der Waals surface area contributed by atoms with E-state index in [0.29, 0.717) is 24.5 Å². The number of carbonyl (C=O) groups excluding carboxylic acids is 1. The number of fused-ring (bicyclic) bond motifs is 1. The summed E-state index contributed by atoms with van der Waals surface area (Å²) in [5.41, 5.74) is 1.49. The van der Waals surface area contributed by atoms with E-state index in [2.05, 4.69) is 15.3 Å². The van der Waals surface area contributed by atoms with Gasteiger partial charge in [0.2, 0.25) is 0 Å². The number of nitrogens with zero attached hydrogens (tertiary/aromatic N) is 4. The Kier molecular flexibility index (Phi) is 3.55. The Morgan fingerprint density at radius 2 is 2.17 bits per heavy atom. The van der Waals surface area contributed by atoms with E-state index in [4.69, 9.17) is 4.74 Å². The van der Waals surface area contributed by atoms with Gasteiger partial charge in [-0.15, -0.1) is 10.2 Å². The predicted octanol–water partition coefficient (Wildman–Crippen LogP) is 1.49. The molecule has 2 heterocycles. The average molecular weight is 248 g/mol. The van der Waals surface area contributed by atoms with Crippen LogP contribution in [0.4, 0.5) is 0 Å². The summed E-state index contributed by atoms with van der Waals surface area (Å²) in [5, 5.41) is 12.4. The highest BCUT2D eigenvalue weighted by Crippen LogP contribution is 2.19. The molecule has 0 saturated heterocycles. The van der Waals surface area contributed by atoms with Gasteiger partial charge in [-0.2, -0.15) is 9.61 Å². The molecule has 0 bridgehead atoms. The summed E-state index contributed by atoms with van der Waals surface area (Å²) in [7, 11) is 0. The highest BCUT2D eigenvalue weighted by atomic mass is 16.5. The Bertz CT molecular complexity index is 564. The van der Waals surface area contributed by atoms with Gasteiger partial charge in [0.25, 0.3) is 0 Å². The first-order chi connectivity index (χ1) is 8.67. The Labute approximate surface area is 105 Å². The highest BCUT2D eigenvalue weighted by molar-refractivity contribution is 5.77. The number of carbonyl (C=O) groups is 1. The van der Waals surface area contributed by atoms with Crippen LogP contribution in [0.3, 0.4) is 0 Å². The third-order valence-corrected chi connectivity index (χ3v) is 2.71. The summed E-state index contributed by atoms with van der Waals surface area (Å²) in [5.74, 6) is -0.165. The molecule has 0 aromatic carbocycles. The molecular weight excluding hydrogens is 232 g/mol. The molecule has 0 fully saturated rings. The van der Waals surface area contributed by atoms with E-state index in [1.807, 2.05) is 26.0 Å². The topological polar surface area (TPSA) is 69.4 Å². The summed E-state index contributed by atoms with van der Waals surface area (Å²) < 4.78 is 6.66. The molecule has 2 aromatic rings. The molecule has 0 aliphatic carbocycles. The lowest BCUT2D eigenvalue weighted by atomic mass is 10.1. The lowest BCUT2D eigenvalue weighted by molar-refractivity contribution is -0.145. The summed E-state index contributed by atoms with van der Waals surface area (Å²) in [6.07, 6.45) is 0.606. The van der Waals surface area contributed by atoms with Crippen LogP contribution < -0.4 is 0 Å². The molecule has 1 unspecified atom stereocenters. The fourth-order valence-corrected chi connectivity index (χ4v) is 1.81. The van der Waals surface area contributed by atoms with E-state index in [1.165, 1.54) is 0 Å². The SMILES string of the molecule is CCOC(=O)C(CC)c1nnc2ccc(C)nn12. The third kappa shape index (κ3) is 2.18. The minimum atomic E-state index is -0.422. The van der Waals surface area contributed by atoms with Crippen molar-refractivity contribution in [3.63, 3.8) is 0 Å². The van der Waals surface area contributed by atoms with Crippen LogP contribution in [-0.2, 0) is 9.53 Å². The molecule has 96 valence electrons. The van der Waals surface area contributed by atoms with Crippen molar-refractivity contribution in [2.24, 2.45) is 0 Å². The summed E-state index contributed by atoms with van der Waals surface area (Å²) in [4.78, 5) is 11.9. The third-order valence-electron chi connectivity index (χ3n) is 2.71. The van der Waals surface area contributed by atoms with Gasteiger partial charge >= 0.3 is 5.97 Å². The van der Waals surface area contributed by atoms with Crippen molar-refractivity contribution >= 4 is 11.6 Å². The zero-order chi connectivity index (χ0) is 13.1.